The second kappa shape index (κ2) is 3.23. The fraction of sp³-hybridized carbons (Fsp3) is 0.100. The Kier molecular flexibility index (Phi) is 2.09. The van der Waals surface area contributed by atoms with Gasteiger partial charge in [-0.1, -0.05) is 12.1 Å². The minimum atomic E-state index is 1.19. The van der Waals surface area contributed by atoms with E-state index in [1.165, 1.54) is 16.7 Å². The Bertz CT molecular complexity index is 340. The van der Waals surface area contributed by atoms with Gasteiger partial charge < -0.3 is 4.42 Å². The molecular formula is C10H9OS. The van der Waals surface area contributed by atoms with Gasteiger partial charge in [-0.15, -0.1) is 0 Å². The van der Waals surface area contributed by atoms with Crippen molar-refractivity contribution in [3.63, 3.8) is 0 Å². The van der Waals surface area contributed by atoms with E-state index in [-0.39, 0.29) is 0 Å². The van der Waals surface area contributed by atoms with Gasteiger partial charge in [-0.25, -0.2) is 0 Å². The molecule has 1 aliphatic carbocycles. The van der Waals surface area contributed by atoms with Crippen LogP contribution in [0.2, 0.25) is 0 Å². The highest BCUT2D eigenvalue weighted by molar-refractivity contribution is 8.00. The van der Waals surface area contributed by atoms with Gasteiger partial charge >= 0.3 is 0 Å². The van der Waals surface area contributed by atoms with Crippen LogP contribution in [0.1, 0.15) is 5.56 Å². The lowest BCUT2D eigenvalue weighted by atomic mass is 10.1. The number of fused-ring (bicyclic) bond motifs is 1. The van der Waals surface area contributed by atoms with Gasteiger partial charge in [0.25, 0.3) is 0 Å². The van der Waals surface area contributed by atoms with E-state index >= 15 is 0 Å². The molecule has 0 atom stereocenters. The lowest BCUT2D eigenvalue weighted by Crippen LogP contribution is -1.77. The van der Waals surface area contributed by atoms with E-state index in [1.54, 1.807) is 24.3 Å². The van der Waals surface area contributed by atoms with E-state index in [1.807, 2.05) is 6.07 Å². The van der Waals surface area contributed by atoms with Crippen LogP contribution in [0, 0.1) is 5.75 Å². The molecule has 12 heavy (non-hydrogen) atoms. The van der Waals surface area contributed by atoms with Gasteiger partial charge in [0.2, 0.25) is 0 Å². The second-order valence-corrected chi connectivity index (χ2v) is 3.28. The summed E-state index contributed by atoms with van der Waals surface area (Å²) in [6.07, 6.45) is 5.54. The molecule has 1 radical (unpaired) electrons. The van der Waals surface area contributed by atoms with Gasteiger partial charge in [0.15, 0.2) is 0 Å². The van der Waals surface area contributed by atoms with Crippen molar-refractivity contribution in [2.75, 3.05) is 6.26 Å². The van der Waals surface area contributed by atoms with Crippen molar-refractivity contribution in [1.29, 1.82) is 0 Å². The minimum Gasteiger partial charge on any atom is -0.472 e. The van der Waals surface area contributed by atoms with Crippen LogP contribution in [0.25, 0.3) is 11.1 Å². The largest absolute Gasteiger partial charge is 0.472 e. The second-order valence-electron chi connectivity index (χ2n) is 2.57. The molecule has 0 unspecified atom stereocenters. The average Bonchev–Trinajstić information content (AvgIpc) is 2.50. The fourth-order valence-corrected chi connectivity index (χ4v) is 1.72. The molecule has 2 aliphatic rings. The summed E-state index contributed by atoms with van der Waals surface area (Å²) in [6, 6.07) is 6.19. The molecule has 0 spiro atoms. The van der Waals surface area contributed by atoms with Gasteiger partial charge in [0.1, 0.15) is 0 Å². The molecule has 0 saturated heterocycles. The Labute approximate surface area is 76.1 Å². The predicted molar refractivity (Wildman–Crippen MR) is 52.2 cm³/mol. The van der Waals surface area contributed by atoms with Crippen molar-refractivity contribution >= 4 is 11.8 Å². The number of thioether (sulfide) groups is 1. The molecule has 0 amide bonds. The summed E-state index contributed by atoms with van der Waals surface area (Å²) in [4.78, 5) is 0. The van der Waals surface area contributed by atoms with Crippen LogP contribution in [0.3, 0.4) is 0 Å². The average molecular weight is 177 g/mol. The Hall–Kier alpha value is -0.890. The van der Waals surface area contributed by atoms with Crippen LogP contribution >= 0.6 is 11.8 Å². The van der Waals surface area contributed by atoms with Crippen molar-refractivity contribution in [1.82, 2.24) is 0 Å². The first-order chi connectivity index (χ1) is 5.92. The Balaban J connectivity index is 2.45. The maximum atomic E-state index is 5.11. The molecule has 2 rings (SSSR count). The Morgan fingerprint density at radius 3 is 3.08 bits per heavy atom. The zero-order chi connectivity index (χ0) is 8.39. The van der Waals surface area contributed by atoms with E-state index in [2.05, 4.69) is 24.1 Å². The third-order valence-corrected chi connectivity index (χ3v) is 2.31. The van der Waals surface area contributed by atoms with Crippen LogP contribution in [0.4, 0.5) is 0 Å². The molecule has 0 aromatic carbocycles. The lowest BCUT2D eigenvalue weighted by Gasteiger charge is -1.99. The van der Waals surface area contributed by atoms with Gasteiger partial charge in [-0.05, 0) is 23.4 Å². The third-order valence-electron chi connectivity index (χ3n) is 1.82. The van der Waals surface area contributed by atoms with Crippen molar-refractivity contribution in [3.8, 4) is 11.1 Å². The molecule has 1 aliphatic heterocycles. The van der Waals surface area contributed by atoms with E-state index in [4.69, 9.17) is 4.42 Å². The summed E-state index contributed by atoms with van der Waals surface area (Å²) in [5.74, 6) is 2.12. The molecule has 1 heterocycles. The normalized spacial score (nSPS) is 10.8. The molecular weight excluding hydrogens is 168 g/mol. The number of hydrogen-bond donors (Lipinski definition) is 0. The molecule has 2 heteroatoms. The standard InChI is InChI=1S/C10H9OS/c1-12-7-9-3-2-8-4-5-11-6-10(8)9/h2-7H,1H3. The van der Waals surface area contributed by atoms with Crippen molar-refractivity contribution in [2.24, 2.45) is 0 Å². The van der Waals surface area contributed by atoms with Gasteiger partial charge in [0, 0.05) is 11.3 Å². The molecule has 61 valence electrons. The van der Waals surface area contributed by atoms with Crippen LogP contribution in [0.5, 0.6) is 0 Å². The summed E-state index contributed by atoms with van der Waals surface area (Å²) < 4.78 is 5.11. The molecule has 0 aromatic rings. The topological polar surface area (TPSA) is 13.1 Å². The van der Waals surface area contributed by atoms with Crippen LogP contribution in [-0.2, 0) is 0 Å². The summed E-state index contributed by atoms with van der Waals surface area (Å²) in [6.45, 7) is 0. The van der Waals surface area contributed by atoms with Crippen LogP contribution < -0.4 is 0 Å². The Morgan fingerprint density at radius 2 is 2.25 bits per heavy atom. The highest BCUT2D eigenvalue weighted by Gasteiger charge is 2.08. The van der Waals surface area contributed by atoms with Crippen molar-refractivity contribution in [2.45, 2.75) is 0 Å². The summed E-state index contributed by atoms with van der Waals surface area (Å²) in [7, 11) is 0. The Morgan fingerprint density at radius 1 is 1.33 bits per heavy atom. The molecule has 0 aromatic heterocycles. The first-order valence-electron chi connectivity index (χ1n) is 3.73. The summed E-state index contributed by atoms with van der Waals surface area (Å²) in [5.41, 5.74) is 3.66. The van der Waals surface area contributed by atoms with Crippen LogP contribution in [0.15, 0.2) is 35.1 Å². The SMILES string of the molecule is CS[CH]c1ccc2ccocc1-2. The molecule has 0 N–H and O–H groups in total. The van der Waals surface area contributed by atoms with Crippen molar-refractivity contribution in [3.05, 3.63) is 42.0 Å². The van der Waals surface area contributed by atoms with E-state index in [0.29, 0.717) is 0 Å². The maximum Gasteiger partial charge on any atom is 0.0983 e. The van der Waals surface area contributed by atoms with Gasteiger partial charge in [-0.2, -0.15) is 11.8 Å². The van der Waals surface area contributed by atoms with E-state index in [9.17, 15) is 0 Å². The molecule has 0 saturated carbocycles. The van der Waals surface area contributed by atoms with Gasteiger partial charge in [-0.3, -0.25) is 0 Å². The predicted octanol–water partition coefficient (Wildman–Crippen LogP) is 3.26. The van der Waals surface area contributed by atoms with E-state index < -0.39 is 0 Å². The quantitative estimate of drug-likeness (QED) is 0.698. The number of hydrogen-bond acceptors (Lipinski definition) is 2. The van der Waals surface area contributed by atoms with Gasteiger partial charge in [0.05, 0.1) is 12.5 Å². The zero-order valence-electron chi connectivity index (χ0n) is 6.78. The monoisotopic (exact) mass is 177 g/mol. The third kappa shape index (κ3) is 1.23. The maximum absolute atomic E-state index is 5.11. The van der Waals surface area contributed by atoms with Crippen LogP contribution in [-0.4, -0.2) is 6.26 Å². The summed E-state index contributed by atoms with van der Waals surface area (Å²) >= 11 is 1.71. The molecule has 1 nitrogen and oxygen atoms in total. The first-order valence-corrected chi connectivity index (χ1v) is 5.01. The molecule has 0 bridgehead atoms. The zero-order valence-corrected chi connectivity index (χ0v) is 7.60. The number of rotatable bonds is 2. The lowest BCUT2D eigenvalue weighted by molar-refractivity contribution is 0.552. The minimum absolute atomic E-state index is 1.19. The fourth-order valence-electron chi connectivity index (χ4n) is 1.26. The first kappa shape index (κ1) is 7.74. The smallest absolute Gasteiger partial charge is 0.0983 e. The highest BCUT2D eigenvalue weighted by Crippen LogP contribution is 2.30. The highest BCUT2D eigenvalue weighted by atomic mass is 32.2. The summed E-state index contributed by atoms with van der Waals surface area (Å²) in [5, 5.41) is 0. The van der Waals surface area contributed by atoms with E-state index in [0.717, 1.165) is 0 Å². The molecule has 0 fully saturated rings. The van der Waals surface area contributed by atoms with Crippen molar-refractivity contribution < 1.29 is 4.42 Å².